The van der Waals surface area contributed by atoms with Gasteiger partial charge >= 0.3 is 6.09 Å². The van der Waals surface area contributed by atoms with Gasteiger partial charge in [-0.25, -0.2) is 9.18 Å². The minimum Gasteiger partial charge on any atom is -0.444 e. The number of aliphatic hydroxyl groups excluding tert-OH is 1. The molecule has 0 aromatic heterocycles. The Labute approximate surface area is 123 Å². The first-order valence-corrected chi connectivity index (χ1v) is 6.86. The average molecular weight is 296 g/mol. The highest BCUT2D eigenvalue weighted by Gasteiger charge is 2.43. The predicted octanol–water partition coefficient (Wildman–Crippen LogP) is 2.48. The summed E-state index contributed by atoms with van der Waals surface area (Å²) in [4.78, 5) is 11.8. The number of hydrogen-bond acceptors (Lipinski definition) is 4. The summed E-state index contributed by atoms with van der Waals surface area (Å²) in [7, 11) is 0. The van der Waals surface area contributed by atoms with E-state index in [1.165, 1.54) is 18.2 Å². The molecular formula is C15H21FN2O3. The number of carbonyl (C=O) groups excluding carboxylic acids is 1. The fraction of sp³-hybridized carbons (Fsp3) is 0.533. The van der Waals surface area contributed by atoms with Crippen LogP contribution in [0.3, 0.4) is 0 Å². The highest BCUT2D eigenvalue weighted by atomic mass is 19.1. The number of amides is 1. The summed E-state index contributed by atoms with van der Waals surface area (Å²) in [6, 6.07) is 3.99. The van der Waals surface area contributed by atoms with Gasteiger partial charge in [-0.3, -0.25) is 5.32 Å². The number of anilines is 1. The molecule has 1 amide bonds. The van der Waals surface area contributed by atoms with Gasteiger partial charge in [-0.1, -0.05) is 0 Å². The lowest BCUT2D eigenvalue weighted by Gasteiger charge is -2.43. The Morgan fingerprint density at radius 3 is 2.62 bits per heavy atom. The Bertz CT molecular complexity index is 548. The maximum atomic E-state index is 13.5. The summed E-state index contributed by atoms with van der Waals surface area (Å²) >= 11 is 0. The Balaban J connectivity index is 2.22. The minimum atomic E-state index is -0.828. The van der Waals surface area contributed by atoms with Gasteiger partial charge in [0.2, 0.25) is 0 Å². The van der Waals surface area contributed by atoms with Crippen molar-refractivity contribution >= 4 is 11.8 Å². The fourth-order valence-electron chi connectivity index (χ4n) is 2.45. The summed E-state index contributed by atoms with van der Waals surface area (Å²) < 4.78 is 18.7. The van der Waals surface area contributed by atoms with E-state index in [4.69, 9.17) is 10.5 Å². The van der Waals surface area contributed by atoms with Gasteiger partial charge in [0.05, 0.1) is 6.10 Å². The molecule has 0 radical (unpaired) electrons. The fourth-order valence-corrected chi connectivity index (χ4v) is 2.45. The zero-order valence-corrected chi connectivity index (χ0v) is 12.4. The van der Waals surface area contributed by atoms with Crippen LogP contribution in [0.5, 0.6) is 0 Å². The lowest BCUT2D eigenvalue weighted by molar-refractivity contribution is 0.0211. The zero-order chi connectivity index (χ0) is 15.8. The van der Waals surface area contributed by atoms with Crippen LogP contribution < -0.4 is 11.1 Å². The number of hydrogen-bond donors (Lipinski definition) is 3. The molecule has 21 heavy (non-hydrogen) atoms. The van der Waals surface area contributed by atoms with Gasteiger partial charge in [0.25, 0.3) is 0 Å². The largest absolute Gasteiger partial charge is 0.444 e. The van der Waals surface area contributed by atoms with Gasteiger partial charge in [-0.05, 0) is 57.4 Å². The number of carbonyl (C=O) groups is 1. The van der Waals surface area contributed by atoms with E-state index in [0.29, 0.717) is 24.1 Å². The third-order valence-corrected chi connectivity index (χ3v) is 3.35. The summed E-state index contributed by atoms with van der Waals surface area (Å²) in [5.74, 6) is -0.439. The van der Waals surface area contributed by atoms with E-state index in [1.807, 2.05) is 0 Å². The molecule has 2 rings (SSSR count). The Morgan fingerprint density at radius 1 is 1.48 bits per heavy atom. The first-order valence-electron chi connectivity index (χ1n) is 6.86. The van der Waals surface area contributed by atoms with Crippen LogP contribution in [0, 0.1) is 5.82 Å². The molecular weight excluding hydrogens is 275 g/mol. The molecule has 0 heterocycles. The van der Waals surface area contributed by atoms with Crippen LogP contribution in [0.4, 0.5) is 14.9 Å². The van der Waals surface area contributed by atoms with Crippen molar-refractivity contribution in [1.82, 2.24) is 0 Å². The highest BCUT2D eigenvalue weighted by molar-refractivity contribution is 5.86. The molecule has 4 N–H and O–H groups in total. The molecule has 1 aromatic carbocycles. The standard InChI is InChI=1S/C15H21FN2O3/c1-14(2,3)21-13(20)18-12-5-4-9(16)6-11(12)15(17)7-10(19)8-15/h4-6,10,19H,7-8,17H2,1-3H3,(H,18,20). The van der Waals surface area contributed by atoms with Crippen LogP contribution in [0.15, 0.2) is 18.2 Å². The first-order chi connectivity index (χ1) is 9.59. The molecule has 1 aromatic rings. The molecule has 0 unspecified atom stereocenters. The van der Waals surface area contributed by atoms with Crippen molar-refractivity contribution in [3.63, 3.8) is 0 Å². The number of nitrogens with one attached hydrogen (secondary N) is 1. The summed E-state index contributed by atoms with van der Waals surface area (Å²) in [5, 5.41) is 12.0. The second-order valence-electron chi connectivity index (χ2n) is 6.54. The zero-order valence-electron chi connectivity index (χ0n) is 12.4. The number of nitrogens with two attached hydrogens (primary N) is 1. The number of aliphatic hydroxyl groups is 1. The highest BCUT2D eigenvalue weighted by Crippen LogP contribution is 2.42. The van der Waals surface area contributed by atoms with Crippen molar-refractivity contribution in [2.75, 3.05) is 5.32 Å². The second kappa shape index (κ2) is 5.27. The molecule has 0 aliphatic heterocycles. The quantitative estimate of drug-likeness (QED) is 0.782. The van der Waals surface area contributed by atoms with Crippen LogP contribution in [-0.4, -0.2) is 22.9 Å². The maximum absolute atomic E-state index is 13.5. The van der Waals surface area contributed by atoms with E-state index < -0.39 is 29.2 Å². The van der Waals surface area contributed by atoms with Gasteiger partial charge in [0.15, 0.2) is 0 Å². The molecule has 116 valence electrons. The van der Waals surface area contributed by atoms with Crippen LogP contribution in [0.1, 0.15) is 39.2 Å². The molecule has 1 fully saturated rings. The molecule has 0 saturated heterocycles. The van der Waals surface area contributed by atoms with Crippen molar-refractivity contribution in [2.24, 2.45) is 5.73 Å². The third kappa shape index (κ3) is 3.71. The van der Waals surface area contributed by atoms with Crippen LogP contribution in [-0.2, 0) is 10.3 Å². The third-order valence-electron chi connectivity index (χ3n) is 3.35. The van der Waals surface area contributed by atoms with E-state index in [1.54, 1.807) is 20.8 Å². The van der Waals surface area contributed by atoms with Crippen molar-refractivity contribution in [1.29, 1.82) is 0 Å². The second-order valence-corrected chi connectivity index (χ2v) is 6.54. The Morgan fingerprint density at radius 2 is 2.10 bits per heavy atom. The topological polar surface area (TPSA) is 84.6 Å². The normalized spacial score (nSPS) is 25.1. The first kappa shape index (κ1) is 15.7. The van der Waals surface area contributed by atoms with Gasteiger partial charge in [0, 0.05) is 11.2 Å². The van der Waals surface area contributed by atoms with Gasteiger partial charge in [-0.15, -0.1) is 0 Å². The van der Waals surface area contributed by atoms with E-state index in [9.17, 15) is 14.3 Å². The summed E-state index contributed by atoms with van der Waals surface area (Å²) in [6.07, 6.45) is -0.453. The van der Waals surface area contributed by atoms with Crippen LogP contribution >= 0.6 is 0 Å². The van der Waals surface area contributed by atoms with Crippen molar-refractivity contribution in [3.8, 4) is 0 Å². The maximum Gasteiger partial charge on any atom is 0.412 e. The molecule has 0 atom stereocenters. The van der Waals surface area contributed by atoms with E-state index >= 15 is 0 Å². The molecule has 0 spiro atoms. The van der Waals surface area contributed by atoms with Gasteiger partial charge in [0.1, 0.15) is 11.4 Å². The Kier molecular flexibility index (Phi) is 3.95. The molecule has 5 nitrogen and oxygen atoms in total. The van der Waals surface area contributed by atoms with E-state index in [2.05, 4.69) is 5.32 Å². The molecule has 6 heteroatoms. The van der Waals surface area contributed by atoms with Crippen molar-refractivity contribution in [2.45, 2.75) is 50.9 Å². The van der Waals surface area contributed by atoms with Crippen LogP contribution in [0.2, 0.25) is 0 Å². The van der Waals surface area contributed by atoms with Crippen molar-refractivity contribution < 1.29 is 19.0 Å². The smallest absolute Gasteiger partial charge is 0.412 e. The lowest BCUT2D eigenvalue weighted by Crippen LogP contribution is -2.52. The summed E-state index contributed by atoms with van der Waals surface area (Å²) in [5.41, 5.74) is 5.59. The number of benzene rings is 1. The number of rotatable bonds is 2. The molecule has 0 bridgehead atoms. The summed E-state index contributed by atoms with van der Waals surface area (Å²) in [6.45, 7) is 5.26. The minimum absolute atomic E-state index is 0.333. The number of halogens is 1. The van der Waals surface area contributed by atoms with Gasteiger partial charge < -0.3 is 15.6 Å². The molecule has 1 aliphatic rings. The average Bonchev–Trinajstić information content (AvgIpc) is 2.27. The lowest BCUT2D eigenvalue weighted by atomic mass is 9.70. The van der Waals surface area contributed by atoms with Crippen LogP contribution in [0.25, 0.3) is 0 Å². The number of ether oxygens (including phenoxy) is 1. The molecule has 1 saturated carbocycles. The Hall–Kier alpha value is -1.66. The van der Waals surface area contributed by atoms with E-state index in [-0.39, 0.29) is 0 Å². The molecule has 1 aliphatic carbocycles. The SMILES string of the molecule is CC(C)(C)OC(=O)Nc1ccc(F)cc1C1(N)CC(O)C1. The predicted molar refractivity (Wildman–Crippen MR) is 77.4 cm³/mol. The van der Waals surface area contributed by atoms with Crippen molar-refractivity contribution in [3.05, 3.63) is 29.6 Å². The van der Waals surface area contributed by atoms with Gasteiger partial charge in [-0.2, -0.15) is 0 Å². The van der Waals surface area contributed by atoms with E-state index in [0.717, 1.165) is 0 Å². The monoisotopic (exact) mass is 296 g/mol.